The lowest BCUT2D eigenvalue weighted by atomic mass is 9.87. The summed E-state index contributed by atoms with van der Waals surface area (Å²) < 4.78 is 15.8. The molecule has 0 aromatic heterocycles. The highest BCUT2D eigenvalue weighted by molar-refractivity contribution is 5.85. The van der Waals surface area contributed by atoms with E-state index in [4.69, 9.17) is 14.2 Å². The van der Waals surface area contributed by atoms with E-state index in [0.717, 1.165) is 18.4 Å². The predicted molar refractivity (Wildman–Crippen MR) is 100.0 cm³/mol. The minimum absolute atomic E-state index is 0.0546. The van der Waals surface area contributed by atoms with Gasteiger partial charge in [0, 0.05) is 50.2 Å². The van der Waals surface area contributed by atoms with Crippen LogP contribution in [-0.2, 0) is 14.3 Å². The molecule has 0 spiro atoms. The van der Waals surface area contributed by atoms with E-state index >= 15 is 0 Å². The molecule has 2 amide bonds. The predicted octanol–water partition coefficient (Wildman–Crippen LogP) is 1.42. The largest absolute Gasteiger partial charge is 0.497 e. The summed E-state index contributed by atoms with van der Waals surface area (Å²) in [5.74, 6) is 1.19. The van der Waals surface area contributed by atoms with E-state index in [-0.39, 0.29) is 29.6 Å². The number of nitrogens with zero attached hydrogens (tertiary/aromatic N) is 1. The number of carbonyl (C=O) groups excluding carboxylic acids is 2. The third kappa shape index (κ3) is 4.35. The van der Waals surface area contributed by atoms with Crippen LogP contribution in [0.4, 0.5) is 0 Å². The Bertz CT molecular complexity index is 689. The Balaban J connectivity index is 1.84. The van der Waals surface area contributed by atoms with Gasteiger partial charge in [-0.05, 0) is 18.9 Å². The smallest absolute Gasteiger partial charge is 0.225 e. The lowest BCUT2D eigenvalue weighted by Gasteiger charge is -2.21. The quantitative estimate of drug-likeness (QED) is 0.695. The van der Waals surface area contributed by atoms with Gasteiger partial charge < -0.3 is 24.4 Å². The van der Waals surface area contributed by atoms with Crippen LogP contribution in [0.1, 0.15) is 24.3 Å². The summed E-state index contributed by atoms with van der Waals surface area (Å²) in [6.45, 7) is 1.88. The lowest BCUT2D eigenvalue weighted by molar-refractivity contribution is -0.132. The van der Waals surface area contributed by atoms with Crippen LogP contribution < -0.4 is 14.8 Å². The van der Waals surface area contributed by atoms with Crippen LogP contribution in [0, 0.1) is 11.8 Å². The Kier molecular flexibility index (Phi) is 6.21. The summed E-state index contributed by atoms with van der Waals surface area (Å²) in [4.78, 5) is 27.2. The minimum Gasteiger partial charge on any atom is -0.497 e. The Morgan fingerprint density at radius 2 is 1.93 bits per heavy atom. The van der Waals surface area contributed by atoms with E-state index in [9.17, 15) is 9.59 Å². The molecule has 1 saturated heterocycles. The number of benzene rings is 1. The van der Waals surface area contributed by atoms with Crippen molar-refractivity contribution in [3.63, 3.8) is 0 Å². The highest BCUT2D eigenvalue weighted by Crippen LogP contribution is 2.41. The Morgan fingerprint density at radius 3 is 2.56 bits per heavy atom. The van der Waals surface area contributed by atoms with Crippen molar-refractivity contribution >= 4 is 11.8 Å². The van der Waals surface area contributed by atoms with Crippen LogP contribution in [0.25, 0.3) is 0 Å². The first-order chi connectivity index (χ1) is 13.1. The van der Waals surface area contributed by atoms with Gasteiger partial charge in [-0.15, -0.1) is 0 Å². The maximum atomic E-state index is 12.8. The van der Waals surface area contributed by atoms with E-state index in [2.05, 4.69) is 5.32 Å². The molecule has 1 aromatic rings. The number of nitrogens with one attached hydrogen (secondary N) is 1. The first kappa shape index (κ1) is 19.5. The molecule has 1 N–H and O–H groups in total. The van der Waals surface area contributed by atoms with Crippen LogP contribution >= 0.6 is 0 Å². The molecule has 2 aliphatic rings. The van der Waals surface area contributed by atoms with E-state index in [0.29, 0.717) is 37.7 Å². The molecule has 1 aliphatic carbocycles. The molecular weight excluding hydrogens is 348 g/mol. The Hall–Kier alpha value is -2.28. The van der Waals surface area contributed by atoms with Crippen molar-refractivity contribution in [2.75, 3.05) is 47.6 Å². The van der Waals surface area contributed by atoms with E-state index in [1.165, 1.54) is 0 Å². The molecule has 0 bridgehead atoms. The van der Waals surface area contributed by atoms with E-state index < -0.39 is 0 Å². The number of methoxy groups -OCH3 is 3. The molecule has 1 aromatic carbocycles. The highest BCUT2D eigenvalue weighted by atomic mass is 16.5. The molecular formula is C20H28N2O5. The molecule has 0 unspecified atom stereocenters. The molecule has 2 fully saturated rings. The number of hydrogen-bond acceptors (Lipinski definition) is 5. The van der Waals surface area contributed by atoms with Crippen LogP contribution in [0.15, 0.2) is 18.2 Å². The lowest BCUT2D eigenvalue weighted by Crippen LogP contribution is -2.37. The molecule has 1 heterocycles. The number of rotatable bonds is 8. The fraction of sp³-hybridized carbons (Fsp3) is 0.600. The fourth-order valence-corrected chi connectivity index (χ4v) is 3.69. The maximum Gasteiger partial charge on any atom is 0.225 e. The van der Waals surface area contributed by atoms with Crippen molar-refractivity contribution in [3.8, 4) is 11.5 Å². The second-order valence-electron chi connectivity index (χ2n) is 7.12. The first-order valence-electron chi connectivity index (χ1n) is 9.36. The Labute approximate surface area is 160 Å². The summed E-state index contributed by atoms with van der Waals surface area (Å²) in [5.41, 5.74) is 0.927. The zero-order valence-corrected chi connectivity index (χ0v) is 16.2. The molecule has 0 radical (unpaired) electrons. The molecule has 7 nitrogen and oxygen atoms in total. The summed E-state index contributed by atoms with van der Waals surface area (Å²) in [5, 5.41) is 2.92. The van der Waals surface area contributed by atoms with Gasteiger partial charge in [0.15, 0.2) is 0 Å². The van der Waals surface area contributed by atoms with Crippen LogP contribution in [0.3, 0.4) is 0 Å². The molecule has 2 atom stereocenters. The number of ether oxygens (including phenoxy) is 3. The molecule has 27 heavy (non-hydrogen) atoms. The van der Waals surface area contributed by atoms with Crippen molar-refractivity contribution < 1.29 is 23.8 Å². The minimum atomic E-state index is -0.313. The second-order valence-corrected chi connectivity index (χ2v) is 7.12. The topological polar surface area (TPSA) is 77.1 Å². The van der Waals surface area contributed by atoms with Crippen molar-refractivity contribution in [3.05, 3.63) is 23.8 Å². The normalized spacial score (nSPS) is 21.8. The Morgan fingerprint density at radius 1 is 1.15 bits per heavy atom. The molecule has 1 aliphatic heterocycles. The van der Waals surface area contributed by atoms with E-state index in [1.54, 1.807) is 21.3 Å². The third-order valence-electron chi connectivity index (χ3n) is 5.34. The SMILES string of the molecule is COCCNC(=O)[C@H]1CN(C(=O)C2CC2)C[C@H]1c1ccc(OC)cc1OC. The van der Waals surface area contributed by atoms with Gasteiger partial charge in [0.2, 0.25) is 11.8 Å². The number of carbonyl (C=O) groups is 2. The first-order valence-corrected chi connectivity index (χ1v) is 9.36. The van der Waals surface area contributed by atoms with Gasteiger partial charge in [-0.2, -0.15) is 0 Å². The van der Waals surface area contributed by atoms with Gasteiger partial charge in [-0.3, -0.25) is 9.59 Å². The van der Waals surface area contributed by atoms with Crippen molar-refractivity contribution in [1.29, 1.82) is 0 Å². The highest BCUT2D eigenvalue weighted by Gasteiger charge is 2.44. The van der Waals surface area contributed by atoms with Crippen LogP contribution in [-0.4, -0.2) is 64.3 Å². The van der Waals surface area contributed by atoms with E-state index in [1.807, 2.05) is 23.1 Å². The van der Waals surface area contributed by atoms with Gasteiger partial charge in [0.05, 0.1) is 26.7 Å². The summed E-state index contributed by atoms with van der Waals surface area (Å²) in [6, 6.07) is 5.62. The second kappa shape index (κ2) is 8.61. The van der Waals surface area contributed by atoms with Gasteiger partial charge in [0.25, 0.3) is 0 Å². The van der Waals surface area contributed by atoms with Crippen LogP contribution in [0.2, 0.25) is 0 Å². The zero-order valence-electron chi connectivity index (χ0n) is 16.2. The van der Waals surface area contributed by atoms with Crippen LogP contribution in [0.5, 0.6) is 11.5 Å². The molecule has 1 saturated carbocycles. The third-order valence-corrected chi connectivity index (χ3v) is 5.34. The maximum absolute atomic E-state index is 12.8. The zero-order chi connectivity index (χ0) is 19.4. The van der Waals surface area contributed by atoms with Gasteiger partial charge >= 0.3 is 0 Å². The monoisotopic (exact) mass is 376 g/mol. The molecule has 7 heteroatoms. The summed E-state index contributed by atoms with van der Waals surface area (Å²) in [7, 11) is 4.81. The summed E-state index contributed by atoms with van der Waals surface area (Å²) >= 11 is 0. The number of likely N-dealkylation sites (tertiary alicyclic amines) is 1. The average Bonchev–Trinajstić information content (AvgIpc) is 3.45. The van der Waals surface area contributed by atoms with Gasteiger partial charge in [0.1, 0.15) is 11.5 Å². The number of hydrogen-bond donors (Lipinski definition) is 1. The van der Waals surface area contributed by atoms with Crippen molar-refractivity contribution in [2.45, 2.75) is 18.8 Å². The summed E-state index contributed by atoms with van der Waals surface area (Å²) in [6.07, 6.45) is 1.91. The molecule has 3 rings (SSSR count). The van der Waals surface area contributed by atoms with Crippen molar-refractivity contribution in [2.24, 2.45) is 11.8 Å². The average molecular weight is 376 g/mol. The van der Waals surface area contributed by atoms with Gasteiger partial charge in [-0.25, -0.2) is 0 Å². The number of amides is 2. The van der Waals surface area contributed by atoms with Gasteiger partial charge in [-0.1, -0.05) is 6.07 Å². The fourth-order valence-electron chi connectivity index (χ4n) is 3.69. The molecule has 148 valence electrons. The standard InChI is InChI=1S/C20H28N2O5/c1-25-9-8-21-19(23)17-12-22(20(24)13-4-5-13)11-16(17)15-7-6-14(26-2)10-18(15)27-3/h6-7,10,13,16-17H,4-5,8-9,11-12H2,1-3H3,(H,21,23)/t16-,17-/m0/s1. The van der Waals surface area contributed by atoms with Crippen molar-refractivity contribution in [1.82, 2.24) is 10.2 Å².